The van der Waals surface area contributed by atoms with Gasteiger partial charge in [-0.25, -0.2) is 0 Å². The van der Waals surface area contributed by atoms with Gasteiger partial charge in [-0.1, -0.05) is 24.8 Å². The number of benzene rings is 1. The van der Waals surface area contributed by atoms with Crippen molar-refractivity contribution in [2.24, 2.45) is 5.92 Å². The van der Waals surface area contributed by atoms with Crippen LogP contribution in [0.2, 0.25) is 0 Å². The lowest BCUT2D eigenvalue weighted by atomic mass is 10.00. The van der Waals surface area contributed by atoms with Crippen molar-refractivity contribution in [3.8, 4) is 11.8 Å². The molecule has 1 aliphatic carbocycles. The zero-order valence-corrected chi connectivity index (χ0v) is 15.9. The second-order valence-corrected chi connectivity index (χ2v) is 7.56. The average molecular weight is 351 g/mol. The molecule has 0 aromatic heterocycles. The highest BCUT2D eigenvalue weighted by Crippen LogP contribution is 2.28. The molecule has 2 aliphatic heterocycles. The molecule has 0 unspecified atom stereocenters. The Hall–Kier alpha value is -1.96. The predicted octanol–water partition coefficient (Wildman–Crippen LogP) is 3.55. The monoisotopic (exact) mass is 351 g/mol. The van der Waals surface area contributed by atoms with Crippen LogP contribution in [0.3, 0.4) is 0 Å². The fourth-order valence-corrected chi connectivity index (χ4v) is 3.59. The normalized spacial score (nSPS) is 23.2. The van der Waals surface area contributed by atoms with E-state index >= 15 is 0 Å². The first-order valence-corrected chi connectivity index (χ1v) is 9.98. The molecule has 0 radical (unpaired) electrons. The molecule has 4 rings (SSSR count). The van der Waals surface area contributed by atoms with Crippen molar-refractivity contribution in [1.82, 2.24) is 15.6 Å². The third-order valence-corrected chi connectivity index (χ3v) is 5.39. The Labute approximate surface area is 157 Å². The van der Waals surface area contributed by atoms with Crippen molar-refractivity contribution in [2.45, 2.75) is 51.6 Å². The number of hydrogen-bond donors (Lipinski definition) is 1. The van der Waals surface area contributed by atoms with E-state index in [0.717, 1.165) is 37.3 Å². The van der Waals surface area contributed by atoms with Gasteiger partial charge in [-0.15, -0.1) is 5.12 Å². The highest BCUT2D eigenvalue weighted by molar-refractivity contribution is 5.69. The molecule has 1 saturated carbocycles. The summed E-state index contributed by atoms with van der Waals surface area (Å²) in [6.45, 7) is 4.00. The second-order valence-electron chi connectivity index (χ2n) is 7.56. The van der Waals surface area contributed by atoms with Crippen LogP contribution < -0.4 is 5.43 Å². The smallest absolute Gasteiger partial charge is 0.0766 e. The Morgan fingerprint density at radius 1 is 1.23 bits per heavy atom. The lowest BCUT2D eigenvalue weighted by Gasteiger charge is -2.30. The molecule has 4 heteroatoms. The second kappa shape index (κ2) is 7.73. The van der Waals surface area contributed by atoms with Gasteiger partial charge in [0, 0.05) is 36.9 Å². The number of ether oxygens (including phenoxy) is 1. The van der Waals surface area contributed by atoms with Crippen LogP contribution in [0.4, 0.5) is 0 Å². The van der Waals surface area contributed by atoms with Crippen molar-refractivity contribution in [2.75, 3.05) is 20.2 Å². The highest BCUT2D eigenvalue weighted by Gasteiger charge is 2.24. The van der Waals surface area contributed by atoms with Crippen LogP contribution in [-0.4, -0.2) is 36.4 Å². The fourth-order valence-electron chi connectivity index (χ4n) is 3.59. The third-order valence-electron chi connectivity index (χ3n) is 5.39. The van der Waals surface area contributed by atoms with Gasteiger partial charge in [0.1, 0.15) is 0 Å². The van der Waals surface area contributed by atoms with Gasteiger partial charge in [-0.05, 0) is 56.2 Å². The minimum Gasteiger partial charge on any atom is -0.376 e. The summed E-state index contributed by atoms with van der Waals surface area (Å²) in [4.78, 5) is 0. The minimum atomic E-state index is 0.324. The Morgan fingerprint density at radius 3 is 2.85 bits per heavy atom. The van der Waals surface area contributed by atoms with Gasteiger partial charge in [-0.2, -0.15) is 0 Å². The first-order valence-electron chi connectivity index (χ1n) is 9.98. The van der Waals surface area contributed by atoms with E-state index in [2.05, 4.69) is 65.8 Å². The molecule has 1 N–H and O–H groups in total. The predicted molar refractivity (Wildman–Crippen MR) is 105 cm³/mol. The van der Waals surface area contributed by atoms with Crippen LogP contribution in [0.15, 0.2) is 24.4 Å². The highest BCUT2D eigenvalue weighted by atomic mass is 16.5. The van der Waals surface area contributed by atoms with Crippen molar-refractivity contribution in [3.63, 3.8) is 0 Å². The van der Waals surface area contributed by atoms with Crippen molar-refractivity contribution >= 4 is 5.70 Å². The van der Waals surface area contributed by atoms with Gasteiger partial charge >= 0.3 is 0 Å². The van der Waals surface area contributed by atoms with Gasteiger partial charge in [-0.3, -0.25) is 10.4 Å². The Morgan fingerprint density at radius 2 is 2.12 bits per heavy atom. The molecule has 2 fully saturated rings. The van der Waals surface area contributed by atoms with Crippen LogP contribution in [0.1, 0.15) is 55.7 Å². The maximum Gasteiger partial charge on any atom is 0.0766 e. The number of hydrogen-bond acceptors (Lipinski definition) is 4. The van der Waals surface area contributed by atoms with E-state index in [0.29, 0.717) is 12.0 Å². The maximum absolute atomic E-state index is 5.91. The van der Waals surface area contributed by atoms with Gasteiger partial charge in [0.25, 0.3) is 0 Å². The van der Waals surface area contributed by atoms with E-state index in [1.165, 1.54) is 36.8 Å². The summed E-state index contributed by atoms with van der Waals surface area (Å²) in [6.07, 6.45) is 9.70. The van der Waals surface area contributed by atoms with Crippen LogP contribution in [0, 0.1) is 17.8 Å². The van der Waals surface area contributed by atoms with Crippen LogP contribution >= 0.6 is 0 Å². The molecular weight excluding hydrogens is 322 g/mol. The number of aryl methyl sites for hydroxylation is 1. The standard InChI is InChI=1S/C22H29N3O/c1-3-19-12-11-18(10-9-17-7-8-17)14-21(19)22-16-25(24(2)23-22)15-20-6-4-5-13-26-20/h11-12,14,16-17,20,23H,3-8,13,15H2,1-2H3/t20-/m1/s1. The summed E-state index contributed by atoms with van der Waals surface area (Å²) in [5.41, 5.74) is 8.38. The molecule has 2 heterocycles. The average Bonchev–Trinajstić information content (AvgIpc) is 3.43. The zero-order valence-electron chi connectivity index (χ0n) is 15.9. The molecule has 138 valence electrons. The minimum absolute atomic E-state index is 0.324. The summed E-state index contributed by atoms with van der Waals surface area (Å²) in [7, 11) is 2.06. The fraction of sp³-hybridized carbons (Fsp3) is 0.545. The number of nitrogens with zero attached hydrogens (tertiary/aromatic N) is 2. The van der Waals surface area contributed by atoms with Gasteiger partial charge in [0.2, 0.25) is 0 Å². The molecule has 0 amide bonds. The molecule has 1 saturated heterocycles. The van der Waals surface area contributed by atoms with Crippen molar-refractivity contribution in [3.05, 3.63) is 41.1 Å². The summed E-state index contributed by atoms with van der Waals surface area (Å²) < 4.78 is 5.91. The first-order chi connectivity index (χ1) is 12.7. The van der Waals surface area contributed by atoms with E-state index in [1.807, 2.05) is 0 Å². The molecule has 0 bridgehead atoms. The van der Waals surface area contributed by atoms with E-state index in [4.69, 9.17) is 4.74 Å². The third kappa shape index (κ3) is 4.06. The first kappa shape index (κ1) is 17.5. The van der Waals surface area contributed by atoms with E-state index in [-0.39, 0.29) is 0 Å². The lowest BCUT2D eigenvalue weighted by Crippen LogP contribution is -2.43. The number of hydrazine groups is 2. The van der Waals surface area contributed by atoms with Crippen LogP contribution in [0.5, 0.6) is 0 Å². The molecule has 26 heavy (non-hydrogen) atoms. The van der Waals surface area contributed by atoms with Gasteiger partial charge < -0.3 is 4.74 Å². The molecule has 4 nitrogen and oxygen atoms in total. The molecule has 1 aromatic rings. The Bertz CT molecular complexity index is 735. The topological polar surface area (TPSA) is 27.7 Å². The maximum atomic E-state index is 5.91. The molecule has 1 aromatic carbocycles. The van der Waals surface area contributed by atoms with E-state index in [9.17, 15) is 0 Å². The largest absolute Gasteiger partial charge is 0.376 e. The van der Waals surface area contributed by atoms with Gasteiger partial charge in [0.05, 0.1) is 18.3 Å². The summed E-state index contributed by atoms with van der Waals surface area (Å²) in [5, 5.41) is 4.29. The van der Waals surface area contributed by atoms with Gasteiger partial charge in [0.15, 0.2) is 0 Å². The van der Waals surface area contributed by atoms with E-state index < -0.39 is 0 Å². The van der Waals surface area contributed by atoms with Crippen molar-refractivity contribution in [1.29, 1.82) is 0 Å². The Kier molecular flexibility index (Phi) is 5.19. The molecule has 0 spiro atoms. The zero-order chi connectivity index (χ0) is 17.9. The quantitative estimate of drug-likeness (QED) is 0.840. The summed E-state index contributed by atoms with van der Waals surface area (Å²) >= 11 is 0. The SMILES string of the molecule is CCc1ccc(C#CC2CC2)cc1C1=CN(C[C@H]2CCCCO2)N(C)N1. The molecule has 1 atom stereocenters. The molecular formula is C22H29N3O. The summed E-state index contributed by atoms with van der Waals surface area (Å²) in [6, 6.07) is 6.62. The number of nitrogens with one attached hydrogen (secondary N) is 1. The summed E-state index contributed by atoms with van der Waals surface area (Å²) in [5.74, 6) is 7.36. The Balaban J connectivity index is 1.54. The van der Waals surface area contributed by atoms with E-state index in [1.54, 1.807) is 0 Å². The lowest BCUT2D eigenvalue weighted by molar-refractivity contribution is -0.0477. The van der Waals surface area contributed by atoms with Crippen LogP contribution in [-0.2, 0) is 11.2 Å². The van der Waals surface area contributed by atoms with Crippen LogP contribution in [0.25, 0.3) is 5.70 Å². The molecule has 3 aliphatic rings. The van der Waals surface area contributed by atoms with Crippen molar-refractivity contribution < 1.29 is 4.74 Å². The number of rotatable bonds is 4.